The van der Waals surface area contributed by atoms with E-state index >= 15 is 0 Å². The van der Waals surface area contributed by atoms with Crippen molar-refractivity contribution >= 4 is 35.2 Å². The smallest absolute Gasteiger partial charge is 0.337 e. The van der Waals surface area contributed by atoms with Gasteiger partial charge in [-0.1, -0.05) is 41.9 Å². The van der Waals surface area contributed by atoms with Gasteiger partial charge in [0.2, 0.25) is 0 Å². The summed E-state index contributed by atoms with van der Waals surface area (Å²) < 4.78 is 14.9. The second-order valence-electron chi connectivity index (χ2n) is 6.43. The third kappa shape index (κ3) is 3.76. The van der Waals surface area contributed by atoms with Crippen molar-refractivity contribution in [3.8, 4) is 0 Å². The molecule has 1 aliphatic heterocycles. The zero-order chi connectivity index (χ0) is 21.8. The predicted molar refractivity (Wildman–Crippen MR) is 110 cm³/mol. The summed E-state index contributed by atoms with van der Waals surface area (Å²) in [7, 11) is 3.61. The van der Waals surface area contributed by atoms with Gasteiger partial charge in [-0.3, -0.25) is 0 Å². The van der Waals surface area contributed by atoms with Gasteiger partial charge in [0, 0.05) is 10.7 Å². The third-order valence-corrected chi connectivity index (χ3v) is 5.12. The fourth-order valence-corrected chi connectivity index (χ4v) is 3.73. The Morgan fingerprint density at radius 2 is 1.37 bits per heavy atom. The molecule has 0 aliphatic carbocycles. The monoisotopic (exact) mass is 429 g/mol. The SMILES string of the molecule is COC(=O)C1=C(C(=O)OC)[C@@H](c2ccccc2)N(c2ccc(Cl)cc2)[C@@H]1C(=O)OC. The molecule has 3 rings (SSSR count). The molecule has 0 unspecified atom stereocenters. The van der Waals surface area contributed by atoms with Crippen LogP contribution in [0, 0.1) is 0 Å². The molecule has 0 bridgehead atoms. The number of anilines is 1. The van der Waals surface area contributed by atoms with Gasteiger partial charge in [0.15, 0.2) is 6.04 Å². The number of ether oxygens (including phenoxy) is 3. The van der Waals surface area contributed by atoms with Crippen LogP contribution in [0.5, 0.6) is 0 Å². The zero-order valence-electron chi connectivity index (χ0n) is 16.6. The molecule has 0 saturated heterocycles. The summed E-state index contributed by atoms with van der Waals surface area (Å²) in [5, 5.41) is 0.498. The van der Waals surface area contributed by atoms with Crippen LogP contribution in [0.4, 0.5) is 5.69 Å². The first-order chi connectivity index (χ1) is 14.4. The first kappa shape index (κ1) is 21.4. The number of nitrogens with zero attached hydrogens (tertiary/aromatic N) is 1. The van der Waals surface area contributed by atoms with E-state index in [1.807, 2.05) is 6.07 Å². The molecule has 0 amide bonds. The summed E-state index contributed by atoms with van der Waals surface area (Å²) in [6.07, 6.45) is 0. The molecule has 1 heterocycles. The van der Waals surface area contributed by atoms with Crippen LogP contribution >= 0.6 is 11.6 Å². The summed E-state index contributed by atoms with van der Waals surface area (Å²) in [5.41, 5.74) is 1.13. The Morgan fingerprint density at radius 3 is 1.90 bits per heavy atom. The maximum Gasteiger partial charge on any atom is 0.337 e. The van der Waals surface area contributed by atoms with Crippen molar-refractivity contribution in [1.29, 1.82) is 0 Å². The Morgan fingerprint density at radius 1 is 0.800 bits per heavy atom. The third-order valence-electron chi connectivity index (χ3n) is 4.87. The van der Waals surface area contributed by atoms with Crippen molar-refractivity contribution in [3.05, 3.63) is 76.3 Å². The van der Waals surface area contributed by atoms with Crippen LogP contribution in [0.2, 0.25) is 5.02 Å². The molecule has 0 aromatic heterocycles. The maximum absolute atomic E-state index is 12.8. The number of methoxy groups -OCH3 is 3. The van der Waals surface area contributed by atoms with E-state index in [0.29, 0.717) is 16.3 Å². The van der Waals surface area contributed by atoms with E-state index < -0.39 is 30.0 Å². The van der Waals surface area contributed by atoms with Gasteiger partial charge in [-0.15, -0.1) is 0 Å². The Bertz CT molecular complexity index is 986. The van der Waals surface area contributed by atoms with Crippen LogP contribution in [0.1, 0.15) is 11.6 Å². The lowest BCUT2D eigenvalue weighted by Gasteiger charge is -2.33. The second-order valence-corrected chi connectivity index (χ2v) is 6.87. The topological polar surface area (TPSA) is 82.1 Å². The highest BCUT2D eigenvalue weighted by Gasteiger charge is 2.51. The molecule has 2 aromatic carbocycles. The number of hydrogen-bond donors (Lipinski definition) is 0. The van der Waals surface area contributed by atoms with Gasteiger partial charge >= 0.3 is 17.9 Å². The molecule has 2 atom stereocenters. The number of benzene rings is 2. The van der Waals surface area contributed by atoms with Gasteiger partial charge in [-0.25, -0.2) is 14.4 Å². The average molecular weight is 430 g/mol. The molecule has 0 fully saturated rings. The van der Waals surface area contributed by atoms with Crippen LogP contribution in [0.25, 0.3) is 0 Å². The number of hydrogen-bond acceptors (Lipinski definition) is 7. The van der Waals surface area contributed by atoms with Crippen molar-refractivity contribution in [1.82, 2.24) is 0 Å². The number of carbonyl (C=O) groups is 3. The molecule has 156 valence electrons. The van der Waals surface area contributed by atoms with Crippen molar-refractivity contribution in [2.45, 2.75) is 12.1 Å². The molecule has 8 heteroatoms. The normalized spacial score (nSPS) is 18.2. The molecular weight excluding hydrogens is 410 g/mol. The lowest BCUT2D eigenvalue weighted by molar-refractivity contribution is -0.144. The van der Waals surface area contributed by atoms with Gasteiger partial charge in [0.25, 0.3) is 0 Å². The van der Waals surface area contributed by atoms with Gasteiger partial charge in [-0.2, -0.15) is 0 Å². The van der Waals surface area contributed by atoms with E-state index in [4.69, 9.17) is 25.8 Å². The lowest BCUT2D eigenvalue weighted by Crippen LogP contribution is -2.42. The van der Waals surface area contributed by atoms with Crippen LogP contribution < -0.4 is 4.90 Å². The summed E-state index contributed by atoms with van der Waals surface area (Å²) in [6.45, 7) is 0. The fraction of sp³-hybridized carbons (Fsp3) is 0.227. The highest BCUT2D eigenvalue weighted by atomic mass is 35.5. The number of carbonyl (C=O) groups excluding carboxylic acids is 3. The van der Waals surface area contributed by atoms with Crippen LogP contribution in [0.3, 0.4) is 0 Å². The Hall–Kier alpha value is -3.32. The Kier molecular flexibility index (Phi) is 6.42. The van der Waals surface area contributed by atoms with Crippen molar-refractivity contribution in [2.24, 2.45) is 0 Å². The molecule has 1 aliphatic rings. The second kappa shape index (κ2) is 9.00. The molecule has 0 radical (unpaired) electrons. The molecule has 7 nitrogen and oxygen atoms in total. The molecule has 0 N–H and O–H groups in total. The van der Waals surface area contributed by atoms with Gasteiger partial charge in [0.1, 0.15) is 0 Å². The first-order valence-corrected chi connectivity index (χ1v) is 9.39. The van der Waals surface area contributed by atoms with Gasteiger partial charge < -0.3 is 19.1 Å². The Balaban J connectivity index is 2.34. The van der Waals surface area contributed by atoms with E-state index in [2.05, 4.69) is 0 Å². The van der Waals surface area contributed by atoms with E-state index in [9.17, 15) is 14.4 Å². The largest absolute Gasteiger partial charge is 0.467 e. The molecule has 30 heavy (non-hydrogen) atoms. The first-order valence-electron chi connectivity index (χ1n) is 9.02. The fourth-order valence-electron chi connectivity index (χ4n) is 3.60. The van der Waals surface area contributed by atoms with E-state index in [1.165, 1.54) is 21.3 Å². The molecule has 0 spiro atoms. The Labute approximate surface area is 178 Å². The zero-order valence-corrected chi connectivity index (χ0v) is 17.4. The highest BCUT2D eigenvalue weighted by molar-refractivity contribution is 6.30. The van der Waals surface area contributed by atoms with Gasteiger partial charge in [-0.05, 0) is 29.8 Å². The minimum absolute atomic E-state index is 0.0147. The average Bonchev–Trinajstić information content (AvgIpc) is 3.14. The number of halogens is 1. The predicted octanol–water partition coefficient (Wildman–Crippen LogP) is 3.09. The van der Waals surface area contributed by atoms with Crippen molar-refractivity contribution in [2.75, 3.05) is 26.2 Å². The van der Waals surface area contributed by atoms with E-state index in [1.54, 1.807) is 53.4 Å². The summed E-state index contributed by atoms with van der Waals surface area (Å²) >= 11 is 6.03. The van der Waals surface area contributed by atoms with Crippen molar-refractivity contribution in [3.63, 3.8) is 0 Å². The summed E-state index contributed by atoms with van der Waals surface area (Å²) in [4.78, 5) is 40.0. The summed E-state index contributed by atoms with van der Waals surface area (Å²) in [6, 6.07) is 13.7. The maximum atomic E-state index is 12.8. The van der Waals surface area contributed by atoms with Crippen LogP contribution in [0.15, 0.2) is 65.7 Å². The molecule has 2 aromatic rings. The lowest BCUT2D eigenvalue weighted by atomic mass is 9.96. The van der Waals surface area contributed by atoms with E-state index in [0.717, 1.165) is 0 Å². The van der Waals surface area contributed by atoms with E-state index in [-0.39, 0.29) is 11.1 Å². The quantitative estimate of drug-likeness (QED) is 0.533. The van der Waals surface area contributed by atoms with Crippen LogP contribution in [-0.2, 0) is 28.6 Å². The highest BCUT2D eigenvalue weighted by Crippen LogP contribution is 2.45. The number of rotatable bonds is 5. The van der Waals surface area contributed by atoms with Crippen LogP contribution in [-0.4, -0.2) is 45.3 Å². The van der Waals surface area contributed by atoms with Crippen molar-refractivity contribution < 1.29 is 28.6 Å². The molecule has 0 saturated carbocycles. The minimum atomic E-state index is -1.22. The summed E-state index contributed by atoms with van der Waals surface area (Å²) in [5.74, 6) is -2.28. The van der Waals surface area contributed by atoms with Gasteiger partial charge in [0.05, 0.1) is 38.5 Å². The minimum Gasteiger partial charge on any atom is -0.467 e. The number of esters is 3. The molecular formula is C22H20ClNO6. The standard InChI is InChI=1S/C22H20ClNO6/c1-28-20(25)16-17(21(26)29-2)19(22(27)30-3)24(15-11-9-14(23)10-12-15)18(16)13-7-5-4-6-8-13/h4-12,18-19H,1-3H3/t18-,19+/m1/s1.